The van der Waals surface area contributed by atoms with Crippen molar-refractivity contribution in [3.8, 4) is 0 Å². The van der Waals surface area contributed by atoms with Gasteiger partial charge in [-0.25, -0.2) is 4.79 Å². The maximum absolute atomic E-state index is 11.4. The number of hydrogen-bond acceptors (Lipinski definition) is 3. The first kappa shape index (κ1) is 11.0. The van der Waals surface area contributed by atoms with Crippen molar-refractivity contribution in [3.63, 3.8) is 0 Å². The molecule has 1 rings (SSSR count). The lowest BCUT2D eigenvalue weighted by atomic mass is 10.2. The van der Waals surface area contributed by atoms with E-state index in [-0.39, 0.29) is 0 Å². The van der Waals surface area contributed by atoms with E-state index in [0.717, 1.165) is 5.56 Å². The minimum absolute atomic E-state index is 0.338. The van der Waals surface area contributed by atoms with Gasteiger partial charge in [-0.1, -0.05) is 15.9 Å². The Morgan fingerprint density at radius 1 is 1.79 bits per heavy atom. The Balaban J connectivity index is 3.00. The summed E-state index contributed by atoms with van der Waals surface area (Å²) in [7, 11) is 1.76. The summed E-state index contributed by atoms with van der Waals surface area (Å²) >= 11 is 3.15. The molecule has 1 aromatic rings. The molecule has 0 fully saturated rings. The molecule has 0 aliphatic rings. The fourth-order valence-electron chi connectivity index (χ4n) is 1.05. The molecule has 0 bridgehead atoms. The van der Waals surface area contributed by atoms with Crippen molar-refractivity contribution in [2.45, 2.75) is 6.92 Å². The van der Waals surface area contributed by atoms with Gasteiger partial charge in [-0.3, -0.25) is 4.68 Å². The minimum Gasteiger partial charge on any atom is -0.461 e. The summed E-state index contributed by atoms with van der Waals surface area (Å²) in [5, 5.41) is 4.02. The van der Waals surface area contributed by atoms with Crippen LogP contribution in [0.1, 0.15) is 23.0 Å². The molecule has 0 aliphatic heterocycles. The van der Waals surface area contributed by atoms with Crippen LogP contribution in [0.4, 0.5) is 0 Å². The lowest BCUT2D eigenvalue weighted by Gasteiger charge is -1.97. The molecule has 0 amide bonds. The second-order valence-corrected chi connectivity index (χ2v) is 3.15. The fourth-order valence-corrected chi connectivity index (χ4v) is 1.34. The van der Waals surface area contributed by atoms with Crippen molar-refractivity contribution in [1.82, 2.24) is 9.78 Å². The summed E-state index contributed by atoms with van der Waals surface area (Å²) in [6.07, 6.45) is 3.50. The predicted molar refractivity (Wildman–Crippen MR) is 57.1 cm³/mol. The van der Waals surface area contributed by atoms with Gasteiger partial charge in [-0.05, 0) is 18.0 Å². The molecule has 0 spiro atoms. The highest BCUT2D eigenvalue weighted by Crippen LogP contribution is 2.11. The fraction of sp³-hybridized carbons (Fsp3) is 0.333. The summed E-state index contributed by atoms with van der Waals surface area (Å²) in [6, 6.07) is 0. The molecular formula is C9H11BrN2O2. The number of halogens is 1. The van der Waals surface area contributed by atoms with Crippen LogP contribution in [0.5, 0.6) is 0 Å². The largest absolute Gasteiger partial charge is 0.461 e. The Bertz CT molecular complexity index is 358. The van der Waals surface area contributed by atoms with E-state index in [4.69, 9.17) is 4.74 Å². The van der Waals surface area contributed by atoms with Gasteiger partial charge in [0.25, 0.3) is 0 Å². The molecule has 0 aliphatic carbocycles. The highest BCUT2D eigenvalue weighted by molar-refractivity contribution is 9.11. The number of aryl methyl sites for hydroxylation is 1. The molecular weight excluding hydrogens is 248 g/mol. The summed E-state index contributed by atoms with van der Waals surface area (Å²) in [5.41, 5.74) is 1.08. The second kappa shape index (κ2) is 4.95. The molecule has 0 saturated heterocycles. The van der Waals surface area contributed by atoms with Crippen LogP contribution in [0.3, 0.4) is 0 Å². The lowest BCUT2D eigenvalue weighted by molar-refractivity contribution is 0.0518. The first-order valence-corrected chi connectivity index (χ1v) is 5.08. The quantitative estimate of drug-likeness (QED) is 0.779. The van der Waals surface area contributed by atoms with Crippen LogP contribution in [0, 0.1) is 0 Å². The minimum atomic E-state index is -0.395. The topological polar surface area (TPSA) is 44.1 Å². The van der Waals surface area contributed by atoms with E-state index in [1.54, 1.807) is 35.9 Å². The molecule has 0 saturated carbocycles. The SMILES string of the molecule is CCOC(=O)c1nn(C)cc1/C=C/Br. The highest BCUT2D eigenvalue weighted by Gasteiger charge is 2.14. The first-order chi connectivity index (χ1) is 6.69. The van der Waals surface area contributed by atoms with Crippen molar-refractivity contribution in [1.29, 1.82) is 0 Å². The molecule has 4 nitrogen and oxygen atoms in total. The Morgan fingerprint density at radius 3 is 3.07 bits per heavy atom. The smallest absolute Gasteiger partial charge is 0.359 e. The normalized spacial score (nSPS) is 10.8. The molecule has 0 radical (unpaired) electrons. The summed E-state index contributed by atoms with van der Waals surface area (Å²) < 4.78 is 6.44. The monoisotopic (exact) mass is 258 g/mol. The van der Waals surface area contributed by atoms with Crippen LogP contribution in [-0.2, 0) is 11.8 Å². The van der Waals surface area contributed by atoms with Gasteiger partial charge in [-0.15, -0.1) is 0 Å². The Kier molecular flexibility index (Phi) is 3.88. The maximum atomic E-state index is 11.4. The zero-order valence-electron chi connectivity index (χ0n) is 8.03. The first-order valence-electron chi connectivity index (χ1n) is 4.16. The Morgan fingerprint density at radius 2 is 2.50 bits per heavy atom. The molecule has 1 aromatic heterocycles. The van der Waals surface area contributed by atoms with Crippen LogP contribution in [-0.4, -0.2) is 22.4 Å². The molecule has 14 heavy (non-hydrogen) atoms. The standard InChI is InChI=1S/C9H11BrN2O2/c1-3-14-9(13)8-7(4-5-10)6-12(2)11-8/h4-6H,3H2,1-2H3/b5-4+. The average Bonchev–Trinajstić information content (AvgIpc) is 2.48. The number of carbonyl (C=O) groups is 1. The molecule has 0 atom stereocenters. The summed E-state index contributed by atoms with van der Waals surface area (Å²) in [4.78, 5) is 13.1. The second-order valence-electron chi connectivity index (χ2n) is 2.62. The van der Waals surface area contributed by atoms with Crippen molar-refractivity contribution in [2.24, 2.45) is 7.05 Å². The van der Waals surface area contributed by atoms with Gasteiger partial charge in [0.05, 0.1) is 6.61 Å². The van der Waals surface area contributed by atoms with Gasteiger partial charge >= 0.3 is 5.97 Å². The maximum Gasteiger partial charge on any atom is 0.359 e. The van der Waals surface area contributed by atoms with Crippen LogP contribution < -0.4 is 0 Å². The number of nitrogens with zero attached hydrogens (tertiary/aromatic N) is 2. The van der Waals surface area contributed by atoms with Gasteiger partial charge in [-0.2, -0.15) is 5.10 Å². The van der Waals surface area contributed by atoms with Gasteiger partial charge in [0.15, 0.2) is 5.69 Å². The van der Waals surface area contributed by atoms with Crippen LogP contribution in [0.15, 0.2) is 11.2 Å². The van der Waals surface area contributed by atoms with Gasteiger partial charge in [0, 0.05) is 18.8 Å². The van der Waals surface area contributed by atoms with Crippen LogP contribution in [0.2, 0.25) is 0 Å². The van der Waals surface area contributed by atoms with E-state index >= 15 is 0 Å². The highest BCUT2D eigenvalue weighted by atomic mass is 79.9. The van der Waals surface area contributed by atoms with E-state index in [0.29, 0.717) is 12.3 Å². The molecule has 76 valence electrons. The third kappa shape index (κ3) is 2.45. The predicted octanol–water partition coefficient (Wildman–Crippen LogP) is 1.96. The van der Waals surface area contributed by atoms with Crippen molar-refractivity contribution >= 4 is 28.0 Å². The molecule has 0 N–H and O–H groups in total. The van der Waals surface area contributed by atoms with E-state index in [1.807, 2.05) is 0 Å². The average molecular weight is 259 g/mol. The summed E-state index contributed by atoms with van der Waals surface area (Å²) in [5.74, 6) is -0.395. The number of ether oxygens (including phenoxy) is 1. The van der Waals surface area contributed by atoms with E-state index in [1.165, 1.54) is 0 Å². The number of carbonyl (C=O) groups excluding carboxylic acids is 1. The Labute approximate surface area is 90.7 Å². The number of esters is 1. The lowest BCUT2D eigenvalue weighted by Crippen LogP contribution is -2.07. The number of aromatic nitrogens is 2. The van der Waals surface area contributed by atoms with E-state index in [2.05, 4.69) is 21.0 Å². The van der Waals surface area contributed by atoms with Gasteiger partial charge < -0.3 is 4.74 Å². The number of hydrogen-bond donors (Lipinski definition) is 0. The van der Waals surface area contributed by atoms with Crippen molar-refractivity contribution in [3.05, 3.63) is 22.4 Å². The molecule has 1 heterocycles. The zero-order chi connectivity index (χ0) is 10.6. The van der Waals surface area contributed by atoms with Crippen molar-refractivity contribution in [2.75, 3.05) is 6.61 Å². The number of rotatable bonds is 3. The van der Waals surface area contributed by atoms with Crippen LogP contribution >= 0.6 is 15.9 Å². The summed E-state index contributed by atoms with van der Waals surface area (Å²) in [6.45, 7) is 2.12. The Hall–Kier alpha value is -1.10. The van der Waals surface area contributed by atoms with E-state index < -0.39 is 5.97 Å². The zero-order valence-corrected chi connectivity index (χ0v) is 9.61. The molecule has 5 heteroatoms. The van der Waals surface area contributed by atoms with E-state index in [9.17, 15) is 4.79 Å². The van der Waals surface area contributed by atoms with Crippen LogP contribution in [0.25, 0.3) is 6.08 Å². The molecule has 0 unspecified atom stereocenters. The van der Waals surface area contributed by atoms with Gasteiger partial charge in [0.1, 0.15) is 0 Å². The third-order valence-electron chi connectivity index (χ3n) is 1.57. The molecule has 0 aromatic carbocycles. The van der Waals surface area contributed by atoms with Crippen molar-refractivity contribution < 1.29 is 9.53 Å². The third-order valence-corrected chi connectivity index (χ3v) is 1.83. The van der Waals surface area contributed by atoms with Gasteiger partial charge in [0.2, 0.25) is 0 Å².